The van der Waals surface area contributed by atoms with Gasteiger partial charge in [-0.3, -0.25) is 9.88 Å². The topological polar surface area (TPSA) is 103 Å². The molecule has 3 aliphatic heterocycles. The zero-order valence-electron chi connectivity index (χ0n) is 25.6. The van der Waals surface area contributed by atoms with Gasteiger partial charge in [0.2, 0.25) is 0 Å². The van der Waals surface area contributed by atoms with Gasteiger partial charge in [0.05, 0.1) is 17.0 Å². The highest BCUT2D eigenvalue weighted by molar-refractivity contribution is 5.89. The summed E-state index contributed by atoms with van der Waals surface area (Å²) in [6.07, 6.45) is 1.90. The minimum absolute atomic E-state index is 0.256. The quantitative estimate of drug-likeness (QED) is 0.438. The van der Waals surface area contributed by atoms with Gasteiger partial charge in [0.1, 0.15) is 6.54 Å². The van der Waals surface area contributed by atoms with Crippen LogP contribution in [0.2, 0.25) is 0 Å². The van der Waals surface area contributed by atoms with Crippen molar-refractivity contribution < 1.29 is 14.6 Å². The molecule has 0 spiro atoms. The van der Waals surface area contributed by atoms with Gasteiger partial charge < -0.3 is 14.7 Å². The van der Waals surface area contributed by atoms with Gasteiger partial charge in [-0.25, -0.2) is 4.79 Å². The molecule has 1 fully saturated rings. The number of anilines is 1. The van der Waals surface area contributed by atoms with Crippen molar-refractivity contribution in [2.45, 2.75) is 86.0 Å². The van der Waals surface area contributed by atoms with Crippen molar-refractivity contribution in [3.63, 3.8) is 0 Å². The van der Waals surface area contributed by atoms with Crippen LogP contribution in [0.15, 0.2) is 33.6 Å². The lowest BCUT2D eigenvalue weighted by Crippen LogP contribution is -2.39. The molecule has 0 saturated carbocycles. The van der Waals surface area contributed by atoms with E-state index in [1.165, 1.54) is 11.1 Å². The fourth-order valence-corrected chi connectivity index (χ4v) is 6.24. The number of ether oxygens (including phenoxy) is 1. The first-order valence-corrected chi connectivity index (χ1v) is 14.7. The van der Waals surface area contributed by atoms with E-state index < -0.39 is 17.7 Å². The molecule has 1 aromatic carbocycles. The molecule has 1 saturated heterocycles. The normalized spacial score (nSPS) is 19.7. The second-order valence-electron chi connectivity index (χ2n) is 13.5. The third kappa shape index (κ3) is 6.51. The number of hydrogen-bond donors (Lipinski definition) is 1. The number of pyridine rings is 1. The first-order chi connectivity index (χ1) is 19.3. The second-order valence-corrected chi connectivity index (χ2v) is 13.5. The van der Waals surface area contributed by atoms with E-state index in [1.54, 1.807) is 0 Å². The Labute approximate surface area is 243 Å². The van der Waals surface area contributed by atoms with Gasteiger partial charge in [0, 0.05) is 55.2 Å². The third-order valence-corrected chi connectivity index (χ3v) is 8.47. The summed E-state index contributed by atoms with van der Waals surface area (Å²) < 4.78 is 6.23. The van der Waals surface area contributed by atoms with E-state index in [2.05, 4.69) is 57.3 Å². The van der Waals surface area contributed by atoms with E-state index in [4.69, 9.17) is 9.72 Å². The lowest BCUT2D eigenvalue weighted by Gasteiger charge is -2.41. The molecule has 9 nitrogen and oxygen atoms in total. The van der Waals surface area contributed by atoms with Crippen molar-refractivity contribution in [2.24, 2.45) is 20.9 Å². The summed E-state index contributed by atoms with van der Waals surface area (Å²) in [5, 5.41) is 22.3. The van der Waals surface area contributed by atoms with Gasteiger partial charge in [0.25, 0.3) is 0 Å². The maximum Gasteiger partial charge on any atom is 0.337 e. The average molecular weight is 561 g/mol. The molecule has 9 heteroatoms. The standard InChI is InChI=1S/C32H44N6O3/c1-20-26(23-8-9-24-18-37(13-10-22(24)16-23)19-25-17-33-36-35-25)28(38-14-11-32(6,7)12-15-38)27(21(2)34-20)29(30(39)40)41-31(3,4)5/h8-9,16,29H,10-15,17-19H2,1-7H3,(H,39,40)/t29-/m0/s1. The van der Waals surface area contributed by atoms with Gasteiger partial charge in [-0.15, -0.1) is 5.10 Å². The van der Waals surface area contributed by atoms with Gasteiger partial charge in [-0.2, -0.15) is 5.11 Å². The molecule has 2 aromatic rings. The zero-order chi connectivity index (χ0) is 29.5. The molecule has 1 atom stereocenters. The van der Waals surface area contributed by atoms with Crippen LogP contribution < -0.4 is 4.90 Å². The van der Waals surface area contributed by atoms with Crippen molar-refractivity contribution in [2.75, 3.05) is 37.6 Å². The van der Waals surface area contributed by atoms with E-state index >= 15 is 0 Å². The molecular formula is C32H44N6O3. The molecule has 0 amide bonds. The van der Waals surface area contributed by atoms with Crippen LogP contribution >= 0.6 is 0 Å². The number of carboxylic acids is 1. The number of aliphatic carboxylic acids is 1. The van der Waals surface area contributed by atoms with Crippen molar-refractivity contribution >= 4 is 17.4 Å². The smallest absolute Gasteiger partial charge is 0.337 e. The Morgan fingerprint density at radius 1 is 1.10 bits per heavy atom. The van der Waals surface area contributed by atoms with Crippen LogP contribution in [0.3, 0.4) is 0 Å². The lowest BCUT2D eigenvalue weighted by molar-refractivity contribution is -0.160. The zero-order valence-corrected chi connectivity index (χ0v) is 25.6. The minimum Gasteiger partial charge on any atom is -0.479 e. The number of hydrogen-bond acceptors (Lipinski definition) is 8. The molecule has 0 radical (unpaired) electrons. The molecule has 220 valence electrons. The monoisotopic (exact) mass is 560 g/mol. The number of carboxylic acid groups (broad SMARTS) is 1. The summed E-state index contributed by atoms with van der Waals surface area (Å²) in [7, 11) is 0. The number of fused-ring (bicyclic) bond motifs is 1. The molecule has 0 unspecified atom stereocenters. The van der Waals surface area contributed by atoms with Crippen LogP contribution in [0.25, 0.3) is 11.1 Å². The fourth-order valence-electron chi connectivity index (χ4n) is 6.24. The highest BCUT2D eigenvalue weighted by Crippen LogP contribution is 2.45. The van der Waals surface area contributed by atoms with Crippen LogP contribution in [0.1, 0.15) is 81.6 Å². The van der Waals surface area contributed by atoms with E-state index in [-0.39, 0.29) is 5.41 Å². The Bertz CT molecular complexity index is 1380. The largest absolute Gasteiger partial charge is 0.479 e. The van der Waals surface area contributed by atoms with Crippen LogP contribution in [0.5, 0.6) is 0 Å². The van der Waals surface area contributed by atoms with Gasteiger partial charge in [-0.05, 0) is 81.2 Å². The lowest BCUT2D eigenvalue weighted by atomic mass is 9.81. The number of rotatable bonds is 7. The number of nitrogens with zero attached hydrogens (tertiary/aromatic N) is 6. The Morgan fingerprint density at radius 2 is 1.83 bits per heavy atom. The van der Waals surface area contributed by atoms with E-state index in [0.29, 0.717) is 17.8 Å². The van der Waals surface area contributed by atoms with Crippen molar-refractivity contribution in [3.8, 4) is 11.1 Å². The molecule has 0 bridgehead atoms. The average Bonchev–Trinajstić information content (AvgIpc) is 3.39. The second kappa shape index (κ2) is 11.2. The number of aromatic nitrogens is 1. The van der Waals surface area contributed by atoms with Gasteiger partial charge in [0.15, 0.2) is 6.10 Å². The summed E-state index contributed by atoms with van der Waals surface area (Å²) >= 11 is 0. The molecule has 5 rings (SSSR count). The first kappa shape index (κ1) is 29.3. The molecule has 3 aliphatic rings. The number of benzene rings is 1. The Morgan fingerprint density at radius 3 is 2.46 bits per heavy atom. The van der Waals surface area contributed by atoms with Crippen molar-refractivity contribution in [1.29, 1.82) is 0 Å². The van der Waals surface area contributed by atoms with Crippen molar-refractivity contribution in [3.05, 3.63) is 46.3 Å². The maximum atomic E-state index is 12.8. The third-order valence-electron chi connectivity index (χ3n) is 8.47. The highest BCUT2D eigenvalue weighted by Gasteiger charge is 2.36. The molecule has 4 heterocycles. The van der Waals surface area contributed by atoms with E-state index in [0.717, 1.165) is 80.2 Å². The number of carbonyl (C=O) groups is 1. The SMILES string of the molecule is Cc1nc(C)c([C@H](OC(C)(C)C)C(=O)O)c(N2CCC(C)(C)CC2)c1-c1ccc2c(c1)CCN(CC1=NN=NC1)C2. The van der Waals surface area contributed by atoms with E-state index in [1.807, 2.05) is 34.6 Å². The molecule has 1 aromatic heterocycles. The summed E-state index contributed by atoms with van der Waals surface area (Å²) in [4.78, 5) is 22.5. The number of piperidine rings is 1. The van der Waals surface area contributed by atoms with Gasteiger partial charge >= 0.3 is 5.97 Å². The first-order valence-electron chi connectivity index (χ1n) is 14.7. The predicted octanol–water partition coefficient (Wildman–Crippen LogP) is 6.11. The minimum atomic E-state index is -1.12. The molecule has 1 N–H and O–H groups in total. The highest BCUT2D eigenvalue weighted by atomic mass is 16.5. The summed E-state index contributed by atoms with van der Waals surface area (Å²) in [5.41, 5.74) is 8.64. The van der Waals surface area contributed by atoms with Gasteiger partial charge in [-0.1, -0.05) is 32.0 Å². The van der Waals surface area contributed by atoms with Crippen LogP contribution in [0, 0.1) is 19.3 Å². The molecule has 41 heavy (non-hydrogen) atoms. The number of aryl methyl sites for hydroxylation is 2. The fraction of sp³-hybridized carbons (Fsp3) is 0.594. The maximum absolute atomic E-state index is 12.8. The van der Waals surface area contributed by atoms with E-state index in [9.17, 15) is 9.90 Å². The summed E-state index contributed by atoms with van der Waals surface area (Å²) in [6.45, 7) is 19.2. The Balaban J connectivity index is 1.59. The Hall–Kier alpha value is -3.17. The van der Waals surface area contributed by atoms with Crippen LogP contribution in [0.4, 0.5) is 5.69 Å². The Kier molecular flexibility index (Phi) is 8.05. The van der Waals surface area contributed by atoms with Crippen LogP contribution in [-0.2, 0) is 22.5 Å². The molecule has 0 aliphatic carbocycles. The van der Waals surface area contributed by atoms with Crippen LogP contribution in [-0.4, -0.2) is 65.0 Å². The summed E-state index contributed by atoms with van der Waals surface area (Å²) in [6, 6.07) is 6.71. The molecular weight excluding hydrogens is 516 g/mol. The predicted molar refractivity (Wildman–Crippen MR) is 162 cm³/mol. The summed E-state index contributed by atoms with van der Waals surface area (Å²) in [5.74, 6) is -0.990. The van der Waals surface area contributed by atoms with Crippen molar-refractivity contribution in [1.82, 2.24) is 9.88 Å².